The summed E-state index contributed by atoms with van der Waals surface area (Å²) < 4.78 is 27.1. The Morgan fingerprint density at radius 1 is 1.35 bits per heavy atom. The second-order valence-electron chi connectivity index (χ2n) is 3.75. The normalized spacial score (nSPS) is 12.7. The molecule has 17 heavy (non-hydrogen) atoms. The molecular weight excluding hydrogens is 228 g/mol. The van der Waals surface area contributed by atoms with Gasteiger partial charge in [-0.25, -0.2) is 13.5 Å². The molecule has 1 atom stereocenters. The summed E-state index contributed by atoms with van der Waals surface area (Å²) in [6, 6.07) is 3.55. The lowest BCUT2D eigenvalue weighted by molar-refractivity contribution is 0.168. The molecule has 4 nitrogen and oxygen atoms in total. The molecule has 6 heteroatoms. The maximum absolute atomic E-state index is 13.0. The molecule has 0 fully saturated rings. The van der Waals surface area contributed by atoms with Gasteiger partial charge in [-0.1, -0.05) is 11.3 Å². The van der Waals surface area contributed by atoms with E-state index in [-0.39, 0.29) is 6.42 Å². The maximum atomic E-state index is 13.0. The number of aromatic nitrogens is 3. The van der Waals surface area contributed by atoms with Crippen molar-refractivity contribution in [3.63, 3.8) is 0 Å². The zero-order valence-electron chi connectivity index (χ0n) is 9.14. The third-order valence-electron chi connectivity index (χ3n) is 2.50. The minimum atomic E-state index is -0.919. The third kappa shape index (κ3) is 2.47. The first-order valence-electron chi connectivity index (χ1n) is 5.04. The van der Waals surface area contributed by atoms with Crippen molar-refractivity contribution >= 4 is 0 Å². The van der Waals surface area contributed by atoms with E-state index in [1.165, 1.54) is 16.9 Å². The van der Waals surface area contributed by atoms with Crippen molar-refractivity contribution in [2.45, 2.75) is 12.5 Å². The molecule has 0 aliphatic carbocycles. The average Bonchev–Trinajstić information content (AvgIpc) is 2.70. The highest BCUT2D eigenvalue weighted by atomic mass is 19.2. The van der Waals surface area contributed by atoms with Crippen LogP contribution in [-0.4, -0.2) is 20.1 Å². The minimum absolute atomic E-state index is 0.179. The number of aryl methyl sites for hydroxylation is 1. The van der Waals surface area contributed by atoms with E-state index >= 15 is 0 Å². The number of aliphatic hydroxyl groups is 1. The third-order valence-corrected chi connectivity index (χ3v) is 2.50. The van der Waals surface area contributed by atoms with Gasteiger partial charge in [0, 0.05) is 13.5 Å². The summed E-state index contributed by atoms with van der Waals surface area (Å²) in [6.45, 7) is 0. The van der Waals surface area contributed by atoms with Crippen molar-refractivity contribution in [3.8, 4) is 0 Å². The monoisotopic (exact) mass is 239 g/mol. The van der Waals surface area contributed by atoms with Crippen LogP contribution in [0.4, 0.5) is 8.78 Å². The van der Waals surface area contributed by atoms with Gasteiger partial charge in [0.2, 0.25) is 0 Å². The Balaban J connectivity index is 2.16. The second kappa shape index (κ2) is 4.58. The molecule has 2 rings (SSSR count). The van der Waals surface area contributed by atoms with Gasteiger partial charge in [-0.3, -0.25) is 0 Å². The molecule has 1 aromatic carbocycles. The Kier molecular flexibility index (Phi) is 3.14. The van der Waals surface area contributed by atoms with Crippen LogP contribution < -0.4 is 0 Å². The number of hydrogen-bond acceptors (Lipinski definition) is 3. The summed E-state index contributed by atoms with van der Waals surface area (Å²) in [5, 5.41) is 17.2. The van der Waals surface area contributed by atoms with Crippen LogP contribution in [0, 0.1) is 11.6 Å². The quantitative estimate of drug-likeness (QED) is 0.880. The molecule has 0 aliphatic heterocycles. The van der Waals surface area contributed by atoms with E-state index in [1.807, 2.05) is 0 Å². The van der Waals surface area contributed by atoms with Gasteiger partial charge in [0.05, 0.1) is 11.9 Å². The van der Waals surface area contributed by atoms with Crippen LogP contribution in [0.25, 0.3) is 0 Å². The fraction of sp³-hybridized carbons (Fsp3) is 0.273. The van der Waals surface area contributed by atoms with Crippen LogP contribution in [0.2, 0.25) is 0 Å². The maximum Gasteiger partial charge on any atom is 0.159 e. The lowest BCUT2D eigenvalue weighted by Crippen LogP contribution is -2.08. The van der Waals surface area contributed by atoms with Gasteiger partial charge in [0.15, 0.2) is 11.6 Å². The lowest BCUT2D eigenvalue weighted by atomic mass is 10.1. The van der Waals surface area contributed by atoms with Crippen LogP contribution in [0.1, 0.15) is 17.4 Å². The largest absolute Gasteiger partial charge is 0.386 e. The smallest absolute Gasteiger partial charge is 0.159 e. The summed E-state index contributed by atoms with van der Waals surface area (Å²) >= 11 is 0. The summed E-state index contributed by atoms with van der Waals surface area (Å²) in [6.07, 6.45) is 0.767. The number of hydrogen-bond donors (Lipinski definition) is 1. The van der Waals surface area contributed by atoms with E-state index in [0.29, 0.717) is 11.3 Å². The summed E-state index contributed by atoms with van der Waals surface area (Å²) in [5.41, 5.74) is 1.03. The lowest BCUT2D eigenvalue weighted by Gasteiger charge is -2.10. The molecule has 1 N–H and O–H groups in total. The van der Waals surface area contributed by atoms with Crippen LogP contribution in [0.5, 0.6) is 0 Å². The molecule has 1 unspecified atom stereocenters. The van der Waals surface area contributed by atoms with Crippen molar-refractivity contribution in [1.29, 1.82) is 0 Å². The number of benzene rings is 1. The van der Waals surface area contributed by atoms with Crippen LogP contribution >= 0.6 is 0 Å². The van der Waals surface area contributed by atoms with E-state index in [2.05, 4.69) is 10.3 Å². The van der Waals surface area contributed by atoms with Gasteiger partial charge < -0.3 is 5.11 Å². The molecular formula is C11H11F2N3O. The van der Waals surface area contributed by atoms with Gasteiger partial charge in [-0.2, -0.15) is 0 Å². The molecule has 2 aromatic rings. The van der Waals surface area contributed by atoms with Crippen LogP contribution in [-0.2, 0) is 13.5 Å². The van der Waals surface area contributed by atoms with Crippen molar-refractivity contribution in [1.82, 2.24) is 15.0 Å². The molecule has 0 saturated carbocycles. The molecule has 1 heterocycles. The Labute approximate surface area is 96.5 Å². The molecule has 1 aromatic heterocycles. The molecule has 90 valence electrons. The fourth-order valence-electron chi connectivity index (χ4n) is 1.59. The minimum Gasteiger partial charge on any atom is -0.386 e. The van der Waals surface area contributed by atoms with Gasteiger partial charge in [0.25, 0.3) is 0 Å². The Morgan fingerprint density at radius 3 is 2.71 bits per heavy atom. The first-order chi connectivity index (χ1) is 8.08. The van der Waals surface area contributed by atoms with Crippen LogP contribution in [0.15, 0.2) is 24.4 Å². The van der Waals surface area contributed by atoms with Crippen molar-refractivity contribution < 1.29 is 13.9 Å². The molecule has 0 bridgehead atoms. The second-order valence-corrected chi connectivity index (χ2v) is 3.75. The first kappa shape index (κ1) is 11.7. The van der Waals surface area contributed by atoms with Crippen molar-refractivity contribution in [2.75, 3.05) is 0 Å². The zero-order chi connectivity index (χ0) is 12.4. The van der Waals surface area contributed by atoms with E-state index < -0.39 is 17.7 Å². The zero-order valence-corrected chi connectivity index (χ0v) is 9.14. The summed E-state index contributed by atoms with van der Waals surface area (Å²) in [4.78, 5) is 0. The molecule has 0 aliphatic rings. The molecule has 0 saturated heterocycles. The highest BCUT2D eigenvalue weighted by molar-refractivity contribution is 5.19. The molecule has 0 amide bonds. The Morgan fingerprint density at radius 2 is 2.12 bits per heavy atom. The average molecular weight is 239 g/mol. The van der Waals surface area contributed by atoms with E-state index in [0.717, 1.165) is 12.1 Å². The highest BCUT2D eigenvalue weighted by Crippen LogP contribution is 2.18. The van der Waals surface area contributed by atoms with Crippen LogP contribution in [0.3, 0.4) is 0 Å². The predicted octanol–water partition coefficient (Wildman–Crippen LogP) is 1.37. The van der Waals surface area contributed by atoms with E-state index in [4.69, 9.17) is 0 Å². The number of rotatable bonds is 3. The SMILES string of the molecule is Cn1nncc1C(O)Cc1ccc(F)c(F)c1. The van der Waals surface area contributed by atoms with E-state index in [1.54, 1.807) is 7.05 Å². The molecule has 0 radical (unpaired) electrons. The van der Waals surface area contributed by atoms with Crippen molar-refractivity contribution in [2.24, 2.45) is 7.05 Å². The summed E-state index contributed by atoms with van der Waals surface area (Å²) in [5.74, 6) is -1.82. The predicted molar refractivity (Wildman–Crippen MR) is 56.0 cm³/mol. The first-order valence-corrected chi connectivity index (χ1v) is 5.04. The number of nitrogens with zero attached hydrogens (tertiary/aromatic N) is 3. The van der Waals surface area contributed by atoms with Gasteiger partial charge in [0.1, 0.15) is 6.10 Å². The topological polar surface area (TPSA) is 50.9 Å². The number of aliphatic hydroxyl groups excluding tert-OH is 1. The van der Waals surface area contributed by atoms with Gasteiger partial charge in [-0.15, -0.1) is 5.10 Å². The molecule has 0 spiro atoms. The summed E-state index contributed by atoms with van der Waals surface area (Å²) in [7, 11) is 1.65. The van der Waals surface area contributed by atoms with Crippen molar-refractivity contribution in [3.05, 3.63) is 47.3 Å². The van der Waals surface area contributed by atoms with E-state index in [9.17, 15) is 13.9 Å². The highest BCUT2D eigenvalue weighted by Gasteiger charge is 2.14. The fourth-order valence-corrected chi connectivity index (χ4v) is 1.59. The Hall–Kier alpha value is -1.82. The number of halogens is 2. The van der Waals surface area contributed by atoms with Gasteiger partial charge >= 0.3 is 0 Å². The standard InChI is InChI=1S/C11H11F2N3O/c1-16-10(6-14-15-16)11(17)5-7-2-3-8(12)9(13)4-7/h2-4,6,11,17H,5H2,1H3. The van der Waals surface area contributed by atoms with Gasteiger partial charge in [-0.05, 0) is 17.7 Å². The Bertz CT molecular complexity index is 527.